The van der Waals surface area contributed by atoms with Gasteiger partial charge < -0.3 is 0 Å². The van der Waals surface area contributed by atoms with E-state index < -0.39 is 0 Å². The molecule has 0 saturated heterocycles. The van der Waals surface area contributed by atoms with Crippen LogP contribution in [-0.2, 0) is 0 Å². The van der Waals surface area contributed by atoms with Gasteiger partial charge in [0.1, 0.15) is 0 Å². The van der Waals surface area contributed by atoms with Crippen molar-refractivity contribution in [2.45, 2.75) is 30.5 Å². The second-order valence-corrected chi connectivity index (χ2v) is 5.17. The van der Waals surface area contributed by atoms with Crippen LogP contribution < -0.4 is 0 Å². The van der Waals surface area contributed by atoms with Crippen LogP contribution in [0.15, 0.2) is 0 Å². The quantitative estimate of drug-likeness (QED) is 0.478. The molecule has 3 aliphatic carbocycles. The molecule has 0 unspecified atom stereocenters. The molecule has 2 bridgehead atoms. The third kappa shape index (κ3) is 0.381. The van der Waals surface area contributed by atoms with Gasteiger partial charge in [-0.1, -0.05) is 22.9 Å². The van der Waals surface area contributed by atoms with E-state index in [0.717, 1.165) is 5.41 Å². The van der Waals surface area contributed by atoms with Crippen molar-refractivity contribution in [2.75, 3.05) is 0 Å². The van der Waals surface area contributed by atoms with Crippen LogP contribution in [0.4, 0.5) is 0 Å². The normalized spacial score (nSPS) is 66.0. The summed E-state index contributed by atoms with van der Waals surface area (Å²) in [6.07, 6.45) is 4.29. The van der Waals surface area contributed by atoms with E-state index in [9.17, 15) is 0 Å². The van der Waals surface area contributed by atoms with E-state index in [2.05, 4.69) is 22.9 Å². The highest BCUT2D eigenvalue weighted by Crippen LogP contribution is 2.71. The number of rotatable bonds is 0. The summed E-state index contributed by atoms with van der Waals surface area (Å²) < 4.78 is 0.641. The highest BCUT2D eigenvalue weighted by Gasteiger charge is 2.63. The Morgan fingerprint density at radius 3 is 1.71 bits per heavy atom. The fourth-order valence-electron chi connectivity index (χ4n) is 2.14. The molecule has 0 aromatic carbocycles. The first-order valence-corrected chi connectivity index (χ1v) is 3.60. The molecule has 40 valence electrons. The molecule has 3 fully saturated rings. The van der Waals surface area contributed by atoms with E-state index in [1.807, 2.05) is 0 Å². The highest BCUT2D eigenvalue weighted by molar-refractivity contribution is 9.10. The lowest BCUT2D eigenvalue weighted by molar-refractivity contribution is -0.0506. The summed E-state index contributed by atoms with van der Waals surface area (Å²) in [5.41, 5.74) is 0.781. The lowest BCUT2D eigenvalue weighted by Crippen LogP contribution is -2.61. The van der Waals surface area contributed by atoms with E-state index in [0.29, 0.717) is 4.32 Å². The van der Waals surface area contributed by atoms with Gasteiger partial charge in [-0.2, -0.15) is 0 Å². The van der Waals surface area contributed by atoms with Crippen LogP contribution in [0.1, 0.15) is 26.2 Å². The first-order valence-electron chi connectivity index (χ1n) is 2.81. The van der Waals surface area contributed by atoms with Crippen molar-refractivity contribution < 1.29 is 0 Å². The molecule has 3 aliphatic rings. The summed E-state index contributed by atoms with van der Waals surface area (Å²) in [5.74, 6) is 0. The summed E-state index contributed by atoms with van der Waals surface area (Å²) in [6.45, 7) is 2.37. The van der Waals surface area contributed by atoms with Crippen LogP contribution in [0.5, 0.6) is 0 Å². The van der Waals surface area contributed by atoms with Gasteiger partial charge in [-0.25, -0.2) is 0 Å². The molecule has 0 amide bonds. The van der Waals surface area contributed by atoms with Crippen LogP contribution in [0.3, 0.4) is 0 Å². The molecule has 3 saturated carbocycles. The van der Waals surface area contributed by atoms with E-state index in [4.69, 9.17) is 0 Å². The average Bonchev–Trinajstić information content (AvgIpc) is 1.27. The first kappa shape index (κ1) is 4.37. The van der Waals surface area contributed by atoms with Crippen molar-refractivity contribution in [2.24, 2.45) is 5.41 Å². The van der Waals surface area contributed by atoms with E-state index >= 15 is 0 Å². The monoisotopic (exact) mass is 160 g/mol. The predicted octanol–water partition coefficient (Wildman–Crippen LogP) is 2.32. The van der Waals surface area contributed by atoms with E-state index in [-0.39, 0.29) is 0 Å². The summed E-state index contributed by atoms with van der Waals surface area (Å²) >= 11 is 3.67. The molecular formula is C6H9Br. The van der Waals surface area contributed by atoms with Gasteiger partial charge in [0.15, 0.2) is 0 Å². The first-order chi connectivity index (χ1) is 3.12. The van der Waals surface area contributed by atoms with Gasteiger partial charge in [-0.3, -0.25) is 0 Å². The van der Waals surface area contributed by atoms with Gasteiger partial charge >= 0.3 is 0 Å². The predicted molar refractivity (Wildman–Crippen MR) is 33.6 cm³/mol. The Morgan fingerprint density at radius 1 is 1.29 bits per heavy atom. The zero-order chi connectivity index (χ0) is 5.12. The molecule has 0 N–H and O–H groups in total. The zero-order valence-corrected chi connectivity index (χ0v) is 6.09. The highest BCUT2D eigenvalue weighted by atomic mass is 79.9. The van der Waals surface area contributed by atoms with Crippen LogP contribution in [0.2, 0.25) is 0 Å². The number of halogens is 1. The van der Waals surface area contributed by atoms with Crippen molar-refractivity contribution in [1.29, 1.82) is 0 Å². The summed E-state index contributed by atoms with van der Waals surface area (Å²) in [6, 6.07) is 0. The van der Waals surface area contributed by atoms with Gasteiger partial charge in [-0.15, -0.1) is 0 Å². The van der Waals surface area contributed by atoms with Crippen molar-refractivity contribution in [3.8, 4) is 0 Å². The number of hydrogen-bond donors (Lipinski definition) is 0. The number of hydrogen-bond acceptors (Lipinski definition) is 0. The van der Waals surface area contributed by atoms with Crippen LogP contribution in [-0.4, -0.2) is 4.32 Å². The molecule has 0 atom stereocenters. The van der Waals surface area contributed by atoms with Gasteiger partial charge in [0.25, 0.3) is 0 Å². The third-order valence-corrected chi connectivity index (χ3v) is 3.07. The van der Waals surface area contributed by atoms with Gasteiger partial charge in [0.2, 0.25) is 0 Å². The fourth-order valence-corrected chi connectivity index (χ4v) is 4.17. The molecule has 0 spiro atoms. The van der Waals surface area contributed by atoms with Gasteiger partial charge in [0, 0.05) is 4.32 Å². The molecule has 0 radical (unpaired) electrons. The van der Waals surface area contributed by atoms with Crippen molar-refractivity contribution in [3.05, 3.63) is 0 Å². The van der Waals surface area contributed by atoms with Crippen molar-refractivity contribution in [1.82, 2.24) is 0 Å². The van der Waals surface area contributed by atoms with Crippen LogP contribution in [0, 0.1) is 5.41 Å². The Kier molecular flexibility index (Phi) is 0.507. The molecule has 0 nitrogen and oxygen atoms in total. The average molecular weight is 161 g/mol. The van der Waals surface area contributed by atoms with Gasteiger partial charge in [0.05, 0.1) is 0 Å². The van der Waals surface area contributed by atoms with Crippen molar-refractivity contribution >= 4 is 15.9 Å². The summed E-state index contributed by atoms with van der Waals surface area (Å²) in [4.78, 5) is 0. The Morgan fingerprint density at radius 2 is 1.71 bits per heavy atom. The second kappa shape index (κ2) is 0.812. The molecule has 0 aromatic rings. The number of alkyl halides is 1. The smallest absolute Gasteiger partial charge is 0.0273 e. The standard InChI is InChI=1S/C6H9Br/c1-5-2-6(7,3-5)4-5/h2-4H2,1H3. The minimum atomic E-state index is 0.641. The Labute approximate surface area is 52.4 Å². The topological polar surface area (TPSA) is 0 Å². The zero-order valence-electron chi connectivity index (χ0n) is 4.50. The minimum Gasteiger partial charge on any atom is -0.0853 e. The maximum atomic E-state index is 3.67. The lowest BCUT2D eigenvalue weighted by atomic mass is 9.45. The molecule has 0 aliphatic heterocycles. The minimum absolute atomic E-state index is 0.641. The largest absolute Gasteiger partial charge is 0.0853 e. The van der Waals surface area contributed by atoms with E-state index in [1.54, 1.807) is 0 Å². The molecule has 0 aromatic heterocycles. The van der Waals surface area contributed by atoms with Gasteiger partial charge in [-0.05, 0) is 24.7 Å². The van der Waals surface area contributed by atoms with Crippen LogP contribution in [0.25, 0.3) is 0 Å². The Bertz CT molecular complexity index is 85.6. The molecule has 1 heteroatoms. The lowest BCUT2D eigenvalue weighted by Gasteiger charge is -2.66. The fraction of sp³-hybridized carbons (Fsp3) is 1.00. The molecule has 0 heterocycles. The Balaban J connectivity index is 2.16. The third-order valence-electron chi connectivity index (χ3n) is 2.23. The molecule has 7 heavy (non-hydrogen) atoms. The maximum Gasteiger partial charge on any atom is 0.0273 e. The van der Waals surface area contributed by atoms with E-state index in [1.165, 1.54) is 19.3 Å². The summed E-state index contributed by atoms with van der Waals surface area (Å²) in [7, 11) is 0. The molecular weight excluding hydrogens is 152 g/mol. The molecule has 3 rings (SSSR count). The second-order valence-electron chi connectivity index (χ2n) is 3.49. The Hall–Kier alpha value is 0.480. The summed E-state index contributed by atoms with van der Waals surface area (Å²) in [5, 5.41) is 0. The van der Waals surface area contributed by atoms with Crippen molar-refractivity contribution in [3.63, 3.8) is 0 Å². The SMILES string of the molecule is CC12CC(Br)(C1)C2. The maximum absolute atomic E-state index is 3.67. The van der Waals surface area contributed by atoms with Crippen LogP contribution >= 0.6 is 15.9 Å².